The van der Waals surface area contributed by atoms with E-state index in [2.05, 4.69) is 0 Å². The summed E-state index contributed by atoms with van der Waals surface area (Å²) in [5.41, 5.74) is 0.998. The molecule has 1 aliphatic heterocycles. The molecule has 4 nitrogen and oxygen atoms in total. The van der Waals surface area contributed by atoms with Crippen LogP contribution in [-0.2, 0) is 9.53 Å². The molecule has 1 N–H and O–H groups in total. The zero-order chi connectivity index (χ0) is 15.1. The van der Waals surface area contributed by atoms with Crippen LogP contribution in [0, 0.1) is 5.92 Å². The molecule has 5 heteroatoms. The van der Waals surface area contributed by atoms with E-state index in [0.29, 0.717) is 6.42 Å². The summed E-state index contributed by atoms with van der Waals surface area (Å²) in [5, 5.41) is 10.1. The van der Waals surface area contributed by atoms with E-state index in [1.807, 2.05) is 37.3 Å². The molecule has 2 aliphatic rings. The average Bonchev–Trinajstić information content (AvgIpc) is 2.95. The quantitative estimate of drug-likeness (QED) is 0.862. The second kappa shape index (κ2) is 5.39. The number of fused-ring (bicyclic) bond motifs is 2. The molecular formula is C16H20FNO3. The highest BCUT2D eigenvalue weighted by Crippen LogP contribution is 2.48. The van der Waals surface area contributed by atoms with Gasteiger partial charge in [0.2, 0.25) is 0 Å². The van der Waals surface area contributed by atoms with Crippen molar-refractivity contribution < 1.29 is 19.0 Å². The number of esters is 1. The van der Waals surface area contributed by atoms with E-state index >= 15 is 0 Å². The van der Waals surface area contributed by atoms with Crippen LogP contribution in [0.3, 0.4) is 0 Å². The van der Waals surface area contributed by atoms with Gasteiger partial charge in [-0.05, 0) is 18.9 Å². The third-order valence-electron chi connectivity index (χ3n) is 4.89. The largest absolute Gasteiger partial charge is 0.468 e. The molecule has 2 fully saturated rings. The zero-order valence-electron chi connectivity index (χ0n) is 12.1. The van der Waals surface area contributed by atoms with Gasteiger partial charge < -0.3 is 9.84 Å². The Hall–Kier alpha value is -1.46. The monoisotopic (exact) mass is 293 g/mol. The predicted octanol–water partition coefficient (Wildman–Crippen LogP) is 1.69. The molecule has 114 valence electrons. The lowest BCUT2D eigenvalue weighted by atomic mass is 9.94. The highest BCUT2D eigenvalue weighted by Gasteiger charge is 2.62. The zero-order valence-corrected chi connectivity index (χ0v) is 12.1. The molecule has 0 spiro atoms. The number of benzene rings is 1. The van der Waals surface area contributed by atoms with Gasteiger partial charge in [0.05, 0.1) is 19.3 Å². The number of aliphatic hydroxyl groups excluding tert-OH is 1. The Balaban J connectivity index is 1.95. The van der Waals surface area contributed by atoms with Gasteiger partial charge in [-0.15, -0.1) is 0 Å². The van der Waals surface area contributed by atoms with Crippen molar-refractivity contribution in [1.29, 1.82) is 0 Å². The van der Waals surface area contributed by atoms with Crippen molar-refractivity contribution in [1.82, 2.24) is 4.90 Å². The van der Waals surface area contributed by atoms with E-state index in [-0.39, 0.29) is 6.04 Å². The summed E-state index contributed by atoms with van der Waals surface area (Å²) in [7, 11) is 1.32. The van der Waals surface area contributed by atoms with Gasteiger partial charge in [0, 0.05) is 12.0 Å². The second-order valence-corrected chi connectivity index (χ2v) is 5.90. The van der Waals surface area contributed by atoms with Crippen molar-refractivity contribution in [2.45, 2.75) is 43.7 Å². The number of halogens is 1. The Morgan fingerprint density at radius 2 is 2.10 bits per heavy atom. The fourth-order valence-electron chi connectivity index (χ4n) is 3.91. The molecule has 1 heterocycles. The number of rotatable bonds is 3. The van der Waals surface area contributed by atoms with E-state index in [9.17, 15) is 14.3 Å². The predicted molar refractivity (Wildman–Crippen MR) is 75.3 cm³/mol. The van der Waals surface area contributed by atoms with Crippen LogP contribution in [0.4, 0.5) is 4.39 Å². The Kier molecular flexibility index (Phi) is 3.71. The number of carbonyl (C=O) groups is 1. The molecule has 1 aromatic carbocycles. The maximum Gasteiger partial charge on any atom is 0.323 e. The number of likely N-dealkylation sites (tertiary alicyclic amines) is 1. The van der Waals surface area contributed by atoms with E-state index in [4.69, 9.17) is 4.74 Å². The number of aliphatic hydroxyl groups is 1. The molecule has 6 atom stereocenters. The molecule has 1 saturated heterocycles. The molecule has 0 unspecified atom stereocenters. The maximum atomic E-state index is 14.5. The summed E-state index contributed by atoms with van der Waals surface area (Å²) >= 11 is 0. The molecule has 0 amide bonds. The van der Waals surface area contributed by atoms with Gasteiger partial charge in [-0.2, -0.15) is 0 Å². The number of alkyl halides is 1. The molecule has 0 radical (unpaired) electrons. The number of nitrogens with zero attached hydrogens (tertiary/aromatic N) is 1. The van der Waals surface area contributed by atoms with Crippen LogP contribution in [0.5, 0.6) is 0 Å². The standard InChI is InChI=1S/C16H20FNO3/c1-9(10-6-4-3-5-7-10)18-14(16(20)21-2)11-8-12(19)15(18)13(11)17/h3-7,9,11-15,19H,8H2,1-2H3/t9-,11-,12-,13+,14+,15+/m1/s1. The maximum absolute atomic E-state index is 14.5. The SMILES string of the molecule is COC(=O)[C@@H]1[C@@H]2C[C@@H](O)[C@@H]([C@H]2F)N1[C@H](C)c1ccccc1. The Labute approximate surface area is 123 Å². The fourth-order valence-corrected chi connectivity index (χ4v) is 3.91. The van der Waals surface area contributed by atoms with E-state index < -0.39 is 36.2 Å². The van der Waals surface area contributed by atoms with Crippen LogP contribution >= 0.6 is 0 Å². The van der Waals surface area contributed by atoms with E-state index in [1.54, 1.807) is 4.90 Å². The highest BCUT2D eigenvalue weighted by molar-refractivity contribution is 5.77. The third kappa shape index (κ3) is 2.15. The fraction of sp³-hybridized carbons (Fsp3) is 0.562. The molecule has 0 aromatic heterocycles. The lowest BCUT2D eigenvalue weighted by molar-refractivity contribution is -0.151. The van der Waals surface area contributed by atoms with Crippen molar-refractivity contribution in [3.8, 4) is 0 Å². The minimum atomic E-state index is -1.18. The summed E-state index contributed by atoms with van der Waals surface area (Å²) in [6.45, 7) is 1.94. The van der Waals surface area contributed by atoms with Crippen LogP contribution in [-0.4, -0.2) is 47.4 Å². The first-order chi connectivity index (χ1) is 10.1. The average molecular weight is 293 g/mol. The summed E-state index contributed by atoms with van der Waals surface area (Å²) < 4.78 is 19.3. The summed E-state index contributed by atoms with van der Waals surface area (Å²) in [6, 6.07) is 8.24. The van der Waals surface area contributed by atoms with Crippen molar-refractivity contribution in [3.05, 3.63) is 35.9 Å². The van der Waals surface area contributed by atoms with Crippen molar-refractivity contribution in [2.75, 3.05) is 7.11 Å². The lowest BCUT2D eigenvalue weighted by Crippen LogP contribution is -2.52. The normalized spacial score (nSPS) is 36.7. The number of piperidine rings is 1. The van der Waals surface area contributed by atoms with Gasteiger partial charge in [-0.1, -0.05) is 30.3 Å². The molecular weight excluding hydrogens is 273 g/mol. The van der Waals surface area contributed by atoms with Crippen molar-refractivity contribution in [3.63, 3.8) is 0 Å². The molecule has 1 aromatic rings. The van der Waals surface area contributed by atoms with Gasteiger partial charge in [-0.3, -0.25) is 9.69 Å². The molecule has 1 aliphatic carbocycles. The number of ether oxygens (including phenoxy) is 1. The molecule has 1 saturated carbocycles. The minimum absolute atomic E-state index is 0.154. The second-order valence-electron chi connectivity index (χ2n) is 5.90. The number of hydrogen-bond donors (Lipinski definition) is 1. The van der Waals surface area contributed by atoms with Gasteiger partial charge >= 0.3 is 5.97 Å². The first kappa shape index (κ1) is 14.5. The molecule has 2 bridgehead atoms. The lowest BCUT2D eigenvalue weighted by Gasteiger charge is -2.39. The summed E-state index contributed by atoms with van der Waals surface area (Å²) in [5.74, 6) is -0.900. The van der Waals surface area contributed by atoms with Gasteiger partial charge in [0.25, 0.3) is 0 Å². The van der Waals surface area contributed by atoms with Crippen LogP contribution in [0.2, 0.25) is 0 Å². The first-order valence-corrected chi connectivity index (χ1v) is 7.28. The first-order valence-electron chi connectivity index (χ1n) is 7.28. The Morgan fingerprint density at radius 3 is 2.71 bits per heavy atom. The van der Waals surface area contributed by atoms with Crippen molar-refractivity contribution >= 4 is 5.97 Å². The van der Waals surface area contributed by atoms with Crippen LogP contribution in [0.1, 0.15) is 24.9 Å². The Morgan fingerprint density at radius 1 is 1.43 bits per heavy atom. The highest BCUT2D eigenvalue weighted by atomic mass is 19.1. The molecule has 3 rings (SSSR count). The van der Waals surface area contributed by atoms with Crippen molar-refractivity contribution in [2.24, 2.45) is 5.92 Å². The van der Waals surface area contributed by atoms with Gasteiger partial charge in [-0.25, -0.2) is 4.39 Å². The number of carbonyl (C=O) groups excluding carboxylic acids is 1. The number of methoxy groups -OCH3 is 1. The van der Waals surface area contributed by atoms with E-state index in [0.717, 1.165) is 5.56 Å². The summed E-state index contributed by atoms with van der Waals surface area (Å²) in [4.78, 5) is 13.9. The van der Waals surface area contributed by atoms with Crippen LogP contribution in [0.25, 0.3) is 0 Å². The smallest absolute Gasteiger partial charge is 0.323 e. The summed E-state index contributed by atoms with van der Waals surface area (Å²) in [6.07, 6.45) is -1.59. The van der Waals surface area contributed by atoms with Crippen LogP contribution < -0.4 is 0 Å². The third-order valence-corrected chi connectivity index (χ3v) is 4.89. The Bertz CT molecular complexity index is 524. The van der Waals surface area contributed by atoms with Gasteiger partial charge in [0.1, 0.15) is 12.2 Å². The van der Waals surface area contributed by atoms with Crippen LogP contribution in [0.15, 0.2) is 30.3 Å². The van der Waals surface area contributed by atoms with Gasteiger partial charge in [0.15, 0.2) is 0 Å². The minimum Gasteiger partial charge on any atom is -0.468 e. The number of hydrogen-bond acceptors (Lipinski definition) is 4. The topological polar surface area (TPSA) is 49.8 Å². The van der Waals surface area contributed by atoms with E-state index in [1.165, 1.54) is 7.11 Å². The molecule has 21 heavy (non-hydrogen) atoms.